The molecule has 0 amide bonds. The summed E-state index contributed by atoms with van der Waals surface area (Å²) >= 11 is 0. The topological polar surface area (TPSA) is 35.1 Å². The van der Waals surface area contributed by atoms with Crippen LogP contribution in [0.3, 0.4) is 0 Å². The summed E-state index contributed by atoms with van der Waals surface area (Å²) in [4.78, 5) is 0. The van der Waals surface area contributed by atoms with Crippen LogP contribution in [0, 0.1) is 0 Å². The maximum atomic E-state index is 10.5. The van der Waals surface area contributed by atoms with E-state index < -0.39 is 0 Å². The zero-order valence-electron chi connectivity index (χ0n) is 5.81. The first-order valence-electron chi connectivity index (χ1n) is 3.00. The molecule has 0 aromatic rings. The molecule has 1 aliphatic heterocycles. The molecular formula is C6H10NNaO. The summed E-state index contributed by atoms with van der Waals surface area (Å²) in [5, 5.41) is 13.3. The minimum Gasteiger partial charge on any atom is -0.861 e. The SMILES string of the molecule is [Na+].[O-]C1=CCCCCN1. The van der Waals surface area contributed by atoms with E-state index in [4.69, 9.17) is 0 Å². The molecule has 2 nitrogen and oxygen atoms in total. The van der Waals surface area contributed by atoms with E-state index in [9.17, 15) is 5.11 Å². The predicted molar refractivity (Wildman–Crippen MR) is 29.9 cm³/mol. The van der Waals surface area contributed by atoms with Crippen LogP contribution < -0.4 is 40.0 Å². The van der Waals surface area contributed by atoms with Crippen LogP contribution in [-0.2, 0) is 0 Å². The van der Waals surface area contributed by atoms with Gasteiger partial charge in [-0.15, -0.1) is 0 Å². The maximum absolute atomic E-state index is 10.5. The van der Waals surface area contributed by atoms with Gasteiger partial charge in [0.2, 0.25) is 0 Å². The smallest absolute Gasteiger partial charge is 0.861 e. The largest absolute Gasteiger partial charge is 1.00 e. The number of hydrogen-bond acceptors (Lipinski definition) is 2. The Bertz CT molecular complexity index is 103. The molecule has 46 valence electrons. The average molecular weight is 135 g/mol. The molecule has 0 aromatic heterocycles. The van der Waals surface area contributed by atoms with Gasteiger partial charge < -0.3 is 10.4 Å². The van der Waals surface area contributed by atoms with Gasteiger partial charge in [0, 0.05) is 6.54 Å². The molecule has 0 atom stereocenters. The van der Waals surface area contributed by atoms with Gasteiger partial charge in [-0.05, 0) is 25.1 Å². The second-order valence-corrected chi connectivity index (χ2v) is 1.99. The molecule has 0 aliphatic carbocycles. The Morgan fingerprint density at radius 1 is 1.44 bits per heavy atom. The zero-order valence-corrected chi connectivity index (χ0v) is 7.81. The molecule has 0 unspecified atom stereocenters. The molecule has 0 aromatic carbocycles. The van der Waals surface area contributed by atoms with Crippen LogP contribution in [0.15, 0.2) is 12.0 Å². The first-order valence-corrected chi connectivity index (χ1v) is 3.00. The van der Waals surface area contributed by atoms with E-state index in [0.29, 0.717) is 0 Å². The number of nitrogens with one attached hydrogen (secondary N) is 1. The zero-order chi connectivity index (χ0) is 5.82. The standard InChI is InChI=1S/C6H11NO.Na/c8-6-4-2-1-3-5-7-6;/h4,7-8H,1-3,5H2;/q;+1/p-1. The van der Waals surface area contributed by atoms with Crippen molar-refractivity contribution in [3.8, 4) is 0 Å². The Kier molecular flexibility index (Phi) is 5.35. The van der Waals surface area contributed by atoms with Gasteiger partial charge in [-0.2, -0.15) is 0 Å². The fourth-order valence-corrected chi connectivity index (χ4v) is 0.786. The summed E-state index contributed by atoms with van der Waals surface area (Å²) in [6.45, 7) is 0.856. The van der Waals surface area contributed by atoms with Gasteiger partial charge in [0.1, 0.15) is 0 Å². The van der Waals surface area contributed by atoms with Crippen LogP contribution in [0.1, 0.15) is 19.3 Å². The third-order valence-corrected chi connectivity index (χ3v) is 1.26. The summed E-state index contributed by atoms with van der Waals surface area (Å²) < 4.78 is 0. The molecule has 1 rings (SSSR count). The third-order valence-electron chi connectivity index (χ3n) is 1.26. The van der Waals surface area contributed by atoms with Gasteiger partial charge in [0.05, 0.1) is 0 Å². The number of allylic oxidation sites excluding steroid dienone is 1. The first-order chi connectivity index (χ1) is 3.89. The van der Waals surface area contributed by atoms with Crippen molar-refractivity contribution in [2.24, 2.45) is 0 Å². The van der Waals surface area contributed by atoms with Crippen molar-refractivity contribution in [3.05, 3.63) is 12.0 Å². The summed E-state index contributed by atoms with van der Waals surface area (Å²) in [6, 6.07) is 0. The van der Waals surface area contributed by atoms with E-state index >= 15 is 0 Å². The van der Waals surface area contributed by atoms with Crippen LogP contribution in [0.4, 0.5) is 0 Å². The van der Waals surface area contributed by atoms with E-state index in [1.807, 2.05) is 0 Å². The molecule has 0 radical (unpaired) electrons. The molecule has 0 saturated heterocycles. The van der Waals surface area contributed by atoms with Crippen molar-refractivity contribution in [1.29, 1.82) is 0 Å². The average Bonchev–Trinajstić information content (AvgIpc) is 1.94. The van der Waals surface area contributed by atoms with Gasteiger partial charge in [0.25, 0.3) is 0 Å². The summed E-state index contributed by atoms with van der Waals surface area (Å²) in [5.74, 6) is 0.0995. The third kappa shape index (κ3) is 3.84. The van der Waals surface area contributed by atoms with E-state index in [0.717, 1.165) is 25.8 Å². The number of hydrogen-bond donors (Lipinski definition) is 1. The summed E-state index contributed by atoms with van der Waals surface area (Å²) in [5.41, 5.74) is 0. The van der Waals surface area contributed by atoms with Crippen molar-refractivity contribution in [3.63, 3.8) is 0 Å². The van der Waals surface area contributed by atoms with E-state index in [2.05, 4.69) is 5.32 Å². The van der Waals surface area contributed by atoms with Crippen LogP contribution >= 0.6 is 0 Å². The van der Waals surface area contributed by atoms with Gasteiger partial charge in [-0.25, -0.2) is 0 Å². The minimum atomic E-state index is 0. The quantitative estimate of drug-likeness (QED) is 0.358. The fourth-order valence-electron chi connectivity index (χ4n) is 0.786. The van der Waals surface area contributed by atoms with E-state index in [-0.39, 0.29) is 35.4 Å². The molecule has 3 heteroatoms. The van der Waals surface area contributed by atoms with Crippen molar-refractivity contribution in [1.82, 2.24) is 5.32 Å². The molecule has 1 N–H and O–H groups in total. The van der Waals surface area contributed by atoms with Crippen LogP contribution in [0.25, 0.3) is 0 Å². The van der Waals surface area contributed by atoms with Crippen LogP contribution in [-0.4, -0.2) is 6.54 Å². The van der Waals surface area contributed by atoms with E-state index in [1.165, 1.54) is 0 Å². The molecule has 0 bridgehead atoms. The Balaban J connectivity index is 0.000000640. The monoisotopic (exact) mass is 135 g/mol. The molecule has 1 aliphatic rings. The van der Waals surface area contributed by atoms with Gasteiger partial charge >= 0.3 is 29.6 Å². The van der Waals surface area contributed by atoms with Crippen molar-refractivity contribution in [2.45, 2.75) is 19.3 Å². The molecule has 1 heterocycles. The molecule has 9 heavy (non-hydrogen) atoms. The van der Waals surface area contributed by atoms with Crippen molar-refractivity contribution >= 4 is 0 Å². The Hall–Kier alpha value is 0.340. The number of rotatable bonds is 0. The van der Waals surface area contributed by atoms with E-state index in [1.54, 1.807) is 6.08 Å². The first kappa shape index (κ1) is 9.34. The normalized spacial score (nSPS) is 18.4. The Morgan fingerprint density at radius 2 is 2.22 bits per heavy atom. The van der Waals surface area contributed by atoms with Crippen molar-refractivity contribution < 1.29 is 34.7 Å². The molecular weight excluding hydrogens is 125 g/mol. The van der Waals surface area contributed by atoms with Gasteiger partial charge in [0.15, 0.2) is 0 Å². The molecule has 0 spiro atoms. The molecule has 0 saturated carbocycles. The Morgan fingerprint density at radius 3 is 3.00 bits per heavy atom. The predicted octanol–water partition coefficient (Wildman–Crippen LogP) is -3.03. The minimum absolute atomic E-state index is 0. The summed E-state index contributed by atoms with van der Waals surface area (Å²) in [7, 11) is 0. The molecule has 0 fully saturated rings. The maximum Gasteiger partial charge on any atom is 1.00 e. The Labute approximate surface area is 77.6 Å². The van der Waals surface area contributed by atoms with Gasteiger partial charge in [-0.3, -0.25) is 0 Å². The van der Waals surface area contributed by atoms with Crippen LogP contribution in [0.5, 0.6) is 0 Å². The van der Waals surface area contributed by atoms with Crippen molar-refractivity contribution in [2.75, 3.05) is 6.54 Å². The van der Waals surface area contributed by atoms with Gasteiger partial charge in [-0.1, -0.05) is 6.08 Å². The second kappa shape index (κ2) is 5.15. The summed E-state index contributed by atoms with van der Waals surface area (Å²) in [6.07, 6.45) is 4.94. The fraction of sp³-hybridized carbons (Fsp3) is 0.667. The second-order valence-electron chi connectivity index (χ2n) is 1.99. The van der Waals surface area contributed by atoms with Crippen LogP contribution in [0.2, 0.25) is 0 Å².